The predicted octanol–water partition coefficient (Wildman–Crippen LogP) is 6.60. The largest absolute Gasteiger partial charge is 0.493 e. The van der Waals surface area contributed by atoms with Crippen LogP contribution in [-0.4, -0.2) is 30.4 Å². The number of ether oxygens (including phenoxy) is 3. The number of anilines is 1. The number of hydrogen-bond donors (Lipinski definition) is 1. The first-order valence-electron chi connectivity index (χ1n) is 10.8. The fraction of sp³-hybridized carbons (Fsp3) is 0.185. The van der Waals surface area contributed by atoms with E-state index < -0.39 is 6.09 Å². The van der Waals surface area contributed by atoms with E-state index in [1.54, 1.807) is 56.8 Å². The lowest BCUT2D eigenvalue weighted by molar-refractivity contribution is 0.199. The van der Waals surface area contributed by atoms with Gasteiger partial charge in [0.1, 0.15) is 11.5 Å². The maximum atomic E-state index is 12.1. The molecule has 7 heteroatoms. The molecule has 0 aliphatic carbocycles. The van der Waals surface area contributed by atoms with Crippen LogP contribution in [0, 0.1) is 6.92 Å². The number of methoxy groups -OCH3 is 2. The van der Waals surface area contributed by atoms with Crippen LogP contribution in [0.25, 0.3) is 10.9 Å². The number of nitrogens with zero attached hydrogens (tertiary/aromatic N) is 2. The summed E-state index contributed by atoms with van der Waals surface area (Å²) in [4.78, 5) is 17.8. The number of hydrogen-bond acceptors (Lipinski definition) is 5. The van der Waals surface area contributed by atoms with Crippen LogP contribution >= 0.6 is 0 Å². The minimum atomic E-state index is -1.03. The topological polar surface area (TPSA) is 81.1 Å². The molecule has 1 aromatic heterocycles. The normalized spacial score (nSPS) is 11.6. The summed E-state index contributed by atoms with van der Waals surface area (Å²) >= 11 is 0. The highest BCUT2D eigenvalue weighted by molar-refractivity contribution is 5.89. The predicted molar refractivity (Wildman–Crippen MR) is 131 cm³/mol. The van der Waals surface area contributed by atoms with Crippen LogP contribution in [0.5, 0.6) is 23.0 Å². The molecule has 0 radical (unpaired) electrons. The average Bonchev–Trinajstić information content (AvgIpc) is 2.84. The second-order valence-corrected chi connectivity index (χ2v) is 7.87. The molecule has 174 valence electrons. The molecule has 4 rings (SSSR count). The zero-order valence-corrected chi connectivity index (χ0v) is 19.5. The van der Waals surface area contributed by atoms with Crippen LogP contribution < -0.4 is 19.1 Å². The summed E-state index contributed by atoms with van der Waals surface area (Å²) in [6.45, 7) is 3.87. The lowest BCUT2D eigenvalue weighted by atomic mass is 10.0. The van der Waals surface area contributed by atoms with Gasteiger partial charge in [-0.15, -0.1) is 0 Å². The van der Waals surface area contributed by atoms with Gasteiger partial charge in [0.2, 0.25) is 0 Å². The van der Waals surface area contributed by atoms with E-state index in [-0.39, 0.29) is 6.04 Å². The SMILES string of the molecule is COc1cc2nccc(Oc3ccc(N(C(=O)O)C(C)c4ccc(C)cc4)cc3)c2cc1OC. The molecule has 0 spiro atoms. The minimum absolute atomic E-state index is 0.351. The van der Waals surface area contributed by atoms with Crippen molar-refractivity contribution in [2.24, 2.45) is 0 Å². The summed E-state index contributed by atoms with van der Waals surface area (Å²) in [5, 5.41) is 10.7. The van der Waals surface area contributed by atoms with Crippen LogP contribution in [-0.2, 0) is 0 Å². The molecule has 0 aliphatic rings. The number of aromatic nitrogens is 1. The zero-order valence-electron chi connectivity index (χ0n) is 19.5. The number of carboxylic acid groups (broad SMARTS) is 1. The van der Waals surface area contributed by atoms with Gasteiger partial charge in [0.25, 0.3) is 0 Å². The first-order chi connectivity index (χ1) is 16.4. The van der Waals surface area contributed by atoms with Crippen molar-refractivity contribution >= 4 is 22.7 Å². The summed E-state index contributed by atoms with van der Waals surface area (Å²) in [5.41, 5.74) is 3.30. The van der Waals surface area contributed by atoms with E-state index in [2.05, 4.69) is 4.98 Å². The highest BCUT2D eigenvalue weighted by atomic mass is 16.5. The summed E-state index contributed by atoms with van der Waals surface area (Å²) in [7, 11) is 3.15. The minimum Gasteiger partial charge on any atom is -0.493 e. The van der Waals surface area contributed by atoms with E-state index in [0.29, 0.717) is 34.2 Å². The Kier molecular flexibility index (Phi) is 6.54. The summed E-state index contributed by atoms with van der Waals surface area (Å²) in [6.07, 6.45) is 0.635. The lowest BCUT2D eigenvalue weighted by Crippen LogP contribution is -2.32. The average molecular weight is 459 g/mol. The van der Waals surface area contributed by atoms with Crippen molar-refractivity contribution in [3.05, 3.63) is 84.1 Å². The Labute approximate surface area is 198 Å². The Bertz CT molecular complexity index is 1300. The van der Waals surface area contributed by atoms with Crippen LogP contribution in [0.15, 0.2) is 72.9 Å². The molecule has 7 nitrogen and oxygen atoms in total. The van der Waals surface area contributed by atoms with Crippen molar-refractivity contribution < 1.29 is 24.1 Å². The van der Waals surface area contributed by atoms with Gasteiger partial charge in [-0.05, 0) is 55.8 Å². The number of aryl methyl sites for hydroxylation is 1. The first kappa shape index (κ1) is 22.9. The van der Waals surface area contributed by atoms with Gasteiger partial charge < -0.3 is 19.3 Å². The highest BCUT2D eigenvalue weighted by Gasteiger charge is 2.23. The number of amides is 1. The van der Waals surface area contributed by atoms with E-state index in [1.807, 2.05) is 44.2 Å². The molecule has 1 atom stereocenters. The van der Waals surface area contributed by atoms with Gasteiger partial charge >= 0.3 is 6.09 Å². The Balaban J connectivity index is 1.61. The zero-order chi connectivity index (χ0) is 24.2. The number of fused-ring (bicyclic) bond motifs is 1. The second kappa shape index (κ2) is 9.70. The van der Waals surface area contributed by atoms with Gasteiger partial charge in [-0.2, -0.15) is 0 Å². The molecule has 0 saturated carbocycles. The Morgan fingerprint density at radius 3 is 2.18 bits per heavy atom. The number of benzene rings is 3. The third-order valence-electron chi connectivity index (χ3n) is 5.70. The Hall–Kier alpha value is -4.26. The third-order valence-corrected chi connectivity index (χ3v) is 5.70. The third kappa shape index (κ3) is 4.59. The molecule has 1 amide bonds. The Morgan fingerprint density at radius 1 is 0.912 bits per heavy atom. The Morgan fingerprint density at radius 2 is 1.56 bits per heavy atom. The summed E-state index contributed by atoms with van der Waals surface area (Å²) in [5.74, 6) is 2.33. The van der Waals surface area contributed by atoms with Gasteiger partial charge in [-0.1, -0.05) is 29.8 Å². The molecule has 3 aromatic carbocycles. The second-order valence-electron chi connectivity index (χ2n) is 7.87. The molecule has 0 saturated heterocycles. The lowest BCUT2D eigenvalue weighted by Gasteiger charge is -2.27. The highest BCUT2D eigenvalue weighted by Crippen LogP contribution is 2.37. The number of pyridine rings is 1. The van der Waals surface area contributed by atoms with E-state index >= 15 is 0 Å². The molecule has 0 fully saturated rings. The van der Waals surface area contributed by atoms with Crippen LogP contribution in [0.2, 0.25) is 0 Å². The standard InChI is InChI=1S/C27H26N2O5/c1-17-5-7-19(8-6-17)18(2)29(27(30)31)20-9-11-21(12-10-20)34-24-13-14-28-23-16-26(33-4)25(32-3)15-22(23)24/h5-16,18H,1-4H3,(H,30,31). The van der Waals surface area contributed by atoms with Crippen molar-refractivity contribution in [1.82, 2.24) is 4.98 Å². The molecule has 34 heavy (non-hydrogen) atoms. The van der Waals surface area contributed by atoms with Gasteiger partial charge in [0, 0.05) is 23.3 Å². The van der Waals surface area contributed by atoms with Crippen molar-refractivity contribution in [2.45, 2.75) is 19.9 Å². The fourth-order valence-electron chi connectivity index (χ4n) is 3.83. The number of rotatable bonds is 7. The maximum Gasteiger partial charge on any atom is 0.412 e. The van der Waals surface area contributed by atoms with E-state index in [0.717, 1.165) is 16.5 Å². The summed E-state index contributed by atoms with van der Waals surface area (Å²) in [6, 6.07) is 19.9. The molecule has 1 N–H and O–H groups in total. The van der Waals surface area contributed by atoms with Crippen LogP contribution in [0.3, 0.4) is 0 Å². The molecule has 0 aliphatic heterocycles. The molecule has 0 bridgehead atoms. The van der Waals surface area contributed by atoms with Gasteiger partial charge in [-0.25, -0.2) is 4.79 Å². The van der Waals surface area contributed by atoms with Gasteiger partial charge in [0.15, 0.2) is 11.5 Å². The van der Waals surface area contributed by atoms with Gasteiger partial charge in [0.05, 0.1) is 25.8 Å². The molecular formula is C27H26N2O5. The molecular weight excluding hydrogens is 432 g/mol. The van der Waals surface area contributed by atoms with Gasteiger partial charge in [-0.3, -0.25) is 9.88 Å². The van der Waals surface area contributed by atoms with Crippen LogP contribution in [0.1, 0.15) is 24.1 Å². The van der Waals surface area contributed by atoms with Crippen molar-refractivity contribution in [3.63, 3.8) is 0 Å². The van der Waals surface area contributed by atoms with Crippen molar-refractivity contribution in [3.8, 4) is 23.0 Å². The number of carbonyl (C=O) groups is 1. The summed E-state index contributed by atoms with van der Waals surface area (Å²) < 4.78 is 16.9. The molecule has 1 heterocycles. The molecule has 4 aromatic rings. The first-order valence-corrected chi connectivity index (χ1v) is 10.8. The smallest absolute Gasteiger partial charge is 0.412 e. The van der Waals surface area contributed by atoms with E-state index in [4.69, 9.17) is 14.2 Å². The molecule has 1 unspecified atom stereocenters. The van der Waals surface area contributed by atoms with E-state index in [9.17, 15) is 9.90 Å². The maximum absolute atomic E-state index is 12.1. The van der Waals surface area contributed by atoms with Crippen molar-refractivity contribution in [2.75, 3.05) is 19.1 Å². The quantitative estimate of drug-likeness (QED) is 0.336. The van der Waals surface area contributed by atoms with E-state index in [1.165, 1.54) is 4.90 Å². The van der Waals surface area contributed by atoms with Crippen molar-refractivity contribution in [1.29, 1.82) is 0 Å². The fourth-order valence-corrected chi connectivity index (χ4v) is 3.83. The van der Waals surface area contributed by atoms with Crippen LogP contribution in [0.4, 0.5) is 10.5 Å². The monoisotopic (exact) mass is 458 g/mol.